The van der Waals surface area contributed by atoms with Crippen molar-refractivity contribution in [3.05, 3.63) is 42.1 Å². The zero-order valence-electron chi connectivity index (χ0n) is 13.8. The Morgan fingerprint density at radius 2 is 2.00 bits per heavy atom. The highest BCUT2D eigenvalue weighted by Gasteiger charge is 2.33. The van der Waals surface area contributed by atoms with Crippen LogP contribution in [0.4, 0.5) is 5.82 Å². The number of benzene rings is 1. The van der Waals surface area contributed by atoms with Crippen LogP contribution in [0.25, 0.3) is 5.69 Å². The maximum absolute atomic E-state index is 12.8. The van der Waals surface area contributed by atoms with Crippen LogP contribution in [0.1, 0.15) is 43.7 Å². The molecule has 0 radical (unpaired) electrons. The number of amides is 1. The standard InChI is InChI=1S/C19H24N4O/c20-12-14-5-4-8-16(14)19(24)21-18-11-17(13-9-10-13)22-23(18)15-6-2-1-3-7-15/h1-3,6-7,11,13-14,16H,4-5,8-10,12,20H2,(H,21,24)/t14-,16-/m1/s1. The van der Waals surface area contributed by atoms with Crippen molar-refractivity contribution in [2.24, 2.45) is 17.6 Å². The molecule has 126 valence electrons. The van der Waals surface area contributed by atoms with Crippen LogP contribution < -0.4 is 11.1 Å². The van der Waals surface area contributed by atoms with E-state index in [4.69, 9.17) is 10.8 Å². The molecule has 0 aliphatic heterocycles. The third kappa shape index (κ3) is 2.96. The van der Waals surface area contributed by atoms with Crippen LogP contribution in [-0.2, 0) is 4.79 Å². The normalized spacial score (nSPS) is 23.4. The second kappa shape index (κ2) is 6.40. The van der Waals surface area contributed by atoms with E-state index >= 15 is 0 Å². The van der Waals surface area contributed by atoms with Gasteiger partial charge in [-0.25, -0.2) is 4.68 Å². The lowest BCUT2D eigenvalue weighted by Crippen LogP contribution is -2.30. The highest BCUT2D eigenvalue weighted by Crippen LogP contribution is 2.40. The van der Waals surface area contributed by atoms with E-state index in [1.54, 1.807) is 0 Å². The number of para-hydroxylation sites is 1. The molecule has 1 aromatic heterocycles. The molecule has 2 saturated carbocycles. The van der Waals surface area contributed by atoms with E-state index in [1.165, 1.54) is 12.8 Å². The fourth-order valence-electron chi connectivity index (χ4n) is 3.72. The molecule has 1 heterocycles. The maximum Gasteiger partial charge on any atom is 0.228 e. The fourth-order valence-corrected chi connectivity index (χ4v) is 3.72. The van der Waals surface area contributed by atoms with Gasteiger partial charge in [0.25, 0.3) is 0 Å². The average molecular weight is 324 g/mol. The molecule has 2 fully saturated rings. The van der Waals surface area contributed by atoms with E-state index in [1.807, 2.05) is 41.1 Å². The largest absolute Gasteiger partial charge is 0.330 e. The molecule has 3 N–H and O–H groups in total. The van der Waals surface area contributed by atoms with Gasteiger partial charge >= 0.3 is 0 Å². The summed E-state index contributed by atoms with van der Waals surface area (Å²) in [4.78, 5) is 12.8. The number of nitrogens with zero attached hydrogens (tertiary/aromatic N) is 2. The summed E-state index contributed by atoms with van der Waals surface area (Å²) in [6.45, 7) is 0.587. The van der Waals surface area contributed by atoms with Crippen LogP contribution in [0, 0.1) is 11.8 Å². The summed E-state index contributed by atoms with van der Waals surface area (Å²) in [6, 6.07) is 12.0. The zero-order valence-corrected chi connectivity index (χ0v) is 13.8. The van der Waals surface area contributed by atoms with Gasteiger partial charge in [-0.3, -0.25) is 4.79 Å². The van der Waals surface area contributed by atoms with Crippen molar-refractivity contribution >= 4 is 11.7 Å². The van der Waals surface area contributed by atoms with Crippen molar-refractivity contribution in [3.63, 3.8) is 0 Å². The molecular formula is C19H24N4O. The molecule has 4 rings (SSSR count). The molecule has 5 heteroatoms. The van der Waals surface area contributed by atoms with Gasteiger partial charge in [0.05, 0.1) is 11.4 Å². The third-order valence-corrected chi connectivity index (χ3v) is 5.27. The Hall–Kier alpha value is -2.14. The molecule has 24 heavy (non-hydrogen) atoms. The fraction of sp³-hybridized carbons (Fsp3) is 0.474. The summed E-state index contributed by atoms with van der Waals surface area (Å²) in [5, 5.41) is 7.86. The number of nitrogens with one attached hydrogen (secondary N) is 1. The Balaban J connectivity index is 1.61. The smallest absolute Gasteiger partial charge is 0.228 e. The Morgan fingerprint density at radius 1 is 1.21 bits per heavy atom. The first-order valence-corrected chi connectivity index (χ1v) is 8.92. The number of carbonyl (C=O) groups is 1. The summed E-state index contributed by atoms with van der Waals surface area (Å²) in [6.07, 6.45) is 5.46. The van der Waals surface area contributed by atoms with Crippen molar-refractivity contribution in [2.45, 2.75) is 38.0 Å². The number of hydrogen-bond acceptors (Lipinski definition) is 3. The van der Waals surface area contributed by atoms with Crippen LogP contribution in [-0.4, -0.2) is 22.2 Å². The number of anilines is 1. The summed E-state index contributed by atoms with van der Waals surface area (Å²) in [5.41, 5.74) is 7.88. The molecule has 2 aromatic rings. The van der Waals surface area contributed by atoms with Gasteiger partial charge in [-0.1, -0.05) is 24.6 Å². The van der Waals surface area contributed by atoms with E-state index in [9.17, 15) is 4.79 Å². The Kier molecular flexibility index (Phi) is 4.10. The van der Waals surface area contributed by atoms with Gasteiger partial charge in [-0.15, -0.1) is 0 Å². The summed E-state index contributed by atoms with van der Waals surface area (Å²) in [5.74, 6) is 1.74. The summed E-state index contributed by atoms with van der Waals surface area (Å²) < 4.78 is 1.86. The molecule has 0 unspecified atom stereocenters. The molecule has 1 aromatic carbocycles. The molecule has 0 bridgehead atoms. The zero-order chi connectivity index (χ0) is 16.5. The van der Waals surface area contributed by atoms with E-state index in [0.29, 0.717) is 18.4 Å². The van der Waals surface area contributed by atoms with Gasteiger partial charge in [0.1, 0.15) is 5.82 Å². The summed E-state index contributed by atoms with van der Waals surface area (Å²) in [7, 11) is 0. The van der Waals surface area contributed by atoms with Crippen molar-refractivity contribution < 1.29 is 4.79 Å². The van der Waals surface area contributed by atoms with E-state index < -0.39 is 0 Å². The van der Waals surface area contributed by atoms with E-state index in [-0.39, 0.29) is 11.8 Å². The van der Waals surface area contributed by atoms with Crippen molar-refractivity contribution in [3.8, 4) is 5.69 Å². The first kappa shape index (κ1) is 15.4. The van der Waals surface area contributed by atoms with Crippen LogP contribution in [0.15, 0.2) is 36.4 Å². The topological polar surface area (TPSA) is 72.9 Å². The van der Waals surface area contributed by atoms with Crippen molar-refractivity contribution in [1.82, 2.24) is 9.78 Å². The molecule has 5 nitrogen and oxygen atoms in total. The number of hydrogen-bond donors (Lipinski definition) is 2. The van der Waals surface area contributed by atoms with Crippen molar-refractivity contribution in [2.75, 3.05) is 11.9 Å². The Labute approximate surface area is 142 Å². The lowest BCUT2D eigenvalue weighted by Gasteiger charge is -2.17. The lowest BCUT2D eigenvalue weighted by molar-refractivity contribution is -0.120. The Bertz CT molecular complexity index is 720. The van der Waals surface area contributed by atoms with Crippen LogP contribution in [0.2, 0.25) is 0 Å². The molecule has 0 saturated heterocycles. The van der Waals surface area contributed by atoms with E-state index in [0.717, 1.165) is 36.5 Å². The highest BCUT2D eigenvalue weighted by molar-refractivity contribution is 5.92. The van der Waals surface area contributed by atoms with Gasteiger partial charge in [0.15, 0.2) is 0 Å². The highest BCUT2D eigenvalue weighted by atomic mass is 16.2. The van der Waals surface area contributed by atoms with E-state index in [2.05, 4.69) is 5.32 Å². The molecule has 2 aliphatic rings. The average Bonchev–Trinajstić information content (AvgIpc) is 3.20. The number of nitrogens with two attached hydrogens (primary N) is 1. The minimum Gasteiger partial charge on any atom is -0.330 e. The predicted molar refractivity (Wildman–Crippen MR) is 94.1 cm³/mol. The number of carbonyl (C=O) groups excluding carboxylic acids is 1. The minimum absolute atomic E-state index is 0.0264. The quantitative estimate of drug-likeness (QED) is 0.888. The number of aromatic nitrogens is 2. The monoisotopic (exact) mass is 324 g/mol. The molecule has 2 atom stereocenters. The van der Waals surface area contributed by atoms with Crippen molar-refractivity contribution in [1.29, 1.82) is 0 Å². The molecule has 2 aliphatic carbocycles. The molecular weight excluding hydrogens is 300 g/mol. The van der Waals surface area contributed by atoms with Crippen LogP contribution >= 0.6 is 0 Å². The second-order valence-electron chi connectivity index (χ2n) is 7.00. The number of rotatable bonds is 5. The minimum atomic E-state index is 0.0264. The SMILES string of the molecule is NC[C@H]1CCC[C@H]1C(=O)Nc1cc(C2CC2)nn1-c1ccccc1. The Morgan fingerprint density at radius 3 is 2.71 bits per heavy atom. The summed E-state index contributed by atoms with van der Waals surface area (Å²) >= 11 is 0. The lowest BCUT2D eigenvalue weighted by atomic mass is 9.95. The first-order chi connectivity index (χ1) is 11.8. The predicted octanol–water partition coefficient (Wildman–Crippen LogP) is 3.06. The molecule has 1 amide bonds. The first-order valence-electron chi connectivity index (χ1n) is 8.92. The maximum atomic E-state index is 12.8. The van der Waals surface area contributed by atoms with Gasteiger partial charge in [0, 0.05) is 17.9 Å². The van der Waals surface area contributed by atoms with Gasteiger partial charge in [-0.05, 0) is 50.3 Å². The van der Waals surface area contributed by atoms with Gasteiger partial charge in [-0.2, -0.15) is 5.10 Å². The van der Waals surface area contributed by atoms with Crippen LogP contribution in [0.5, 0.6) is 0 Å². The molecule has 0 spiro atoms. The van der Waals surface area contributed by atoms with Gasteiger partial charge in [0.2, 0.25) is 5.91 Å². The second-order valence-corrected chi connectivity index (χ2v) is 7.00. The van der Waals surface area contributed by atoms with Gasteiger partial charge < -0.3 is 11.1 Å². The third-order valence-electron chi connectivity index (χ3n) is 5.27. The van der Waals surface area contributed by atoms with Crippen LogP contribution in [0.3, 0.4) is 0 Å².